The van der Waals surface area contributed by atoms with Crippen molar-refractivity contribution in [1.82, 2.24) is 9.80 Å². The lowest BCUT2D eigenvalue weighted by Crippen LogP contribution is -2.30. The van der Waals surface area contributed by atoms with Crippen LogP contribution < -0.4 is 4.74 Å². The van der Waals surface area contributed by atoms with Crippen LogP contribution in [0, 0.1) is 0 Å². The summed E-state index contributed by atoms with van der Waals surface area (Å²) in [5, 5.41) is 21.7. The van der Waals surface area contributed by atoms with Crippen LogP contribution in [0.1, 0.15) is 98.7 Å². The first-order valence-corrected chi connectivity index (χ1v) is 14.4. The van der Waals surface area contributed by atoms with Gasteiger partial charge in [-0.25, -0.2) is 0 Å². The Morgan fingerprint density at radius 2 is 1.08 bits per heavy atom. The Morgan fingerprint density at radius 3 is 1.53 bits per heavy atom. The van der Waals surface area contributed by atoms with Gasteiger partial charge in [0.25, 0.3) is 0 Å². The standard InChI is InChI=1S/C31H44N2O3/c34-28(9-7-19-32-15-3-1-4-16-32)24-11-13-30-26(21-24)23-27-22-25(12-14-31(27)36-30)29(35)10-8-20-33-17-5-2-6-18-33/h11-14,21-22,28-29,34-35H,1-10,15-20,23H2. The number of fused-ring (bicyclic) bond motifs is 2. The molecule has 2 aromatic rings. The molecule has 2 aromatic carbocycles. The third-order valence-electron chi connectivity index (χ3n) is 8.34. The Bertz CT molecular complexity index is 904. The summed E-state index contributed by atoms with van der Waals surface area (Å²) in [5.41, 5.74) is 4.19. The molecule has 2 saturated heterocycles. The lowest BCUT2D eigenvalue weighted by Gasteiger charge is -2.27. The summed E-state index contributed by atoms with van der Waals surface area (Å²) >= 11 is 0. The van der Waals surface area contributed by atoms with E-state index < -0.39 is 12.2 Å². The second-order valence-electron chi connectivity index (χ2n) is 11.1. The monoisotopic (exact) mass is 492 g/mol. The van der Waals surface area contributed by atoms with E-state index in [1.807, 2.05) is 24.3 Å². The summed E-state index contributed by atoms with van der Waals surface area (Å²) in [5.74, 6) is 1.75. The molecule has 0 spiro atoms. The van der Waals surface area contributed by atoms with Crippen LogP contribution in [0.15, 0.2) is 36.4 Å². The van der Waals surface area contributed by atoms with E-state index >= 15 is 0 Å². The average Bonchev–Trinajstić information content (AvgIpc) is 2.92. The SMILES string of the molecule is OC(CCCN1CCCCC1)c1ccc2c(c1)Cc1cc(C(O)CCCN3CCCCC3)ccc1O2. The van der Waals surface area contributed by atoms with Crippen molar-refractivity contribution >= 4 is 0 Å². The van der Waals surface area contributed by atoms with Crippen LogP contribution in [0.5, 0.6) is 11.5 Å². The van der Waals surface area contributed by atoms with E-state index in [-0.39, 0.29) is 0 Å². The number of aliphatic hydroxyl groups is 2. The van der Waals surface area contributed by atoms with E-state index in [0.29, 0.717) is 0 Å². The fourth-order valence-electron chi connectivity index (χ4n) is 6.13. The van der Waals surface area contributed by atoms with Gasteiger partial charge in [0.15, 0.2) is 0 Å². The molecule has 5 rings (SSSR count). The van der Waals surface area contributed by atoms with Crippen molar-refractivity contribution in [3.63, 3.8) is 0 Å². The van der Waals surface area contributed by atoms with Crippen molar-refractivity contribution in [1.29, 1.82) is 0 Å². The van der Waals surface area contributed by atoms with Gasteiger partial charge in [0.1, 0.15) is 11.5 Å². The zero-order chi connectivity index (χ0) is 24.7. The van der Waals surface area contributed by atoms with Gasteiger partial charge >= 0.3 is 0 Å². The minimum Gasteiger partial charge on any atom is -0.457 e. The molecular formula is C31H44N2O3. The molecule has 0 aliphatic carbocycles. The Balaban J connectivity index is 1.15. The number of benzene rings is 2. The van der Waals surface area contributed by atoms with Crippen molar-refractivity contribution in [3.05, 3.63) is 58.7 Å². The molecule has 0 saturated carbocycles. The molecule has 0 radical (unpaired) electrons. The number of ether oxygens (including phenoxy) is 1. The molecule has 2 N–H and O–H groups in total. The lowest BCUT2D eigenvalue weighted by molar-refractivity contribution is 0.150. The highest BCUT2D eigenvalue weighted by molar-refractivity contribution is 5.52. The maximum atomic E-state index is 10.8. The minimum absolute atomic E-state index is 0.436. The van der Waals surface area contributed by atoms with Gasteiger partial charge in [-0.3, -0.25) is 0 Å². The predicted octanol–water partition coefficient (Wildman–Crippen LogP) is 5.98. The third kappa shape index (κ3) is 6.69. The first-order chi connectivity index (χ1) is 17.7. The first kappa shape index (κ1) is 25.7. The van der Waals surface area contributed by atoms with Crippen LogP contribution in [-0.2, 0) is 6.42 Å². The summed E-state index contributed by atoms with van der Waals surface area (Å²) < 4.78 is 6.19. The second kappa shape index (κ2) is 12.6. The van der Waals surface area contributed by atoms with E-state index in [4.69, 9.17) is 4.74 Å². The smallest absolute Gasteiger partial charge is 0.130 e. The molecule has 196 valence electrons. The van der Waals surface area contributed by atoms with Crippen molar-refractivity contribution in [2.75, 3.05) is 39.3 Å². The van der Waals surface area contributed by atoms with Crippen molar-refractivity contribution in [2.45, 2.75) is 82.8 Å². The zero-order valence-electron chi connectivity index (χ0n) is 21.8. The molecule has 2 fully saturated rings. The van der Waals surface area contributed by atoms with Gasteiger partial charge in [0.05, 0.1) is 12.2 Å². The Hall–Kier alpha value is -1.92. The van der Waals surface area contributed by atoms with E-state index in [9.17, 15) is 10.2 Å². The maximum Gasteiger partial charge on any atom is 0.130 e. The van der Waals surface area contributed by atoms with Crippen molar-refractivity contribution in [2.24, 2.45) is 0 Å². The van der Waals surface area contributed by atoms with E-state index in [1.165, 1.54) is 64.7 Å². The van der Waals surface area contributed by atoms with Gasteiger partial charge < -0.3 is 24.7 Å². The molecule has 0 aromatic heterocycles. The summed E-state index contributed by atoms with van der Waals surface area (Å²) in [6.45, 7) is 7.01. The molecule has 0 bridgehead atoms. The highest BCUT2D eigenvalue weighted by atomic mass is 16.5. The molecular weight excluding hydrogens is 448 g/mol. The van der Waals surface area contributed by atoms with Crippen molar-refractivity contribution < 1.29 is 14.9 Å². The summed E-state index contributed by atoms with van der Waals surface area (Å²) in [7, 11) is 0. The second-order valence-corrected chi connectivity index (χ2v) is 11.1. The number of likely N-dealkylation sites (tertiary alicyclic amines) is 2. The van der Waals surface area contributed by atoms with Gasteiger partial charge in [-0.1, -0.05) is 25.0 Å². The van der Waals surface area contributed by atoms with Crippen LogP contribution >= 0.6 is 0 Å². The topological polar surface area (TPSA) is 56.2 Å². The molecule has 5 nitrogen and oxygen atoms in total. The van der Waals surface area contributed by atoms with Crippen LogP contribution in [0.3, 0.4) is 0 Å². The number of hydrogen-bond acceptors (Lipinski definition) is 5. The fourth-order valence-corrected chi connectivity index (χ4v) is 6.13. The maximum absolute atomic E-state index is 10.8. The molecule has 36 heavy (non-hydrogen) atoms. The highest BCUT2D eigenvalue weighted by Crippen LogP contribution is 2.39. The summed E-state index contributed by atoms with van der Waals surface area (Å²) in [4.78, 5) is 5.07. The molecule has 3 aliphatic heterocycles. The van der Waals surface area contributed by atoms with E-state index in [2.05, 4.69) is 21.9 Å². The molecule has 3 heterocycles. The number of hydrogen-bond donors (Lipinski definition) is 2. The third-order valence-corrected chi connectivity index (χ3v) is 8.34. The van der Waals surface area contributed by atoms with Gasteiger partial charge in [-0.05, 0) is 137 Å². The fraction of sp³-hybridized carbons (Fsp3) is 0.613. The normalized spacial score (nSPS) is 20.3. The van der Waals surface area contributed by atoms with Gasteiger partial charge in [0, 0.05) is 6.42 Å². The Morgan fingerprint density at radius 1 is 0.639 bits per heavy atom. The number of aliphatic hydroxyl groups excluding tert-OH is 2. The summed E-state index contributed by atoms with van der Waals surface area (Å²) in [6.07, 6.45) is 11.5. The zero-order valence-corrected chi connectivity index (χ0v) is 21.8. The summed E-state index contributed by atoms with van der Waals surface area (Å²) in [6, 6.07) is 12.3. The lowest BCUT2D eigenvalue weighted by atomic mass is 9.93. The van der Waals surface area contributed by atoms with Crippen LogP contribution in [0.25, 0.3) is 0 Å². The van der Waals surface area contributed by atoms with Crippen molar-refractivity contribution in [3.8, 4) is 11.5 Å². The minimum atomic E-state index is -0.436. The largest absolute Gasteiger partial charge is 0.457 e. The van der Waals surface area contributed by atoms with Crippen LogP contribution in [0.4, 0.5) is 0 Å². The number of piperidine rings is 2. The van der Waals surface area contributed by atoms with Crippen LogP contribution in [-0.4, -0.2) is 59.3 Å². The van der Waals surface area contributed by atoms with Crippen LogP contribution in [0.2, 0.25) is 0 Å². The number of nitrogens with zero attached hydrogens (tertiary/aromatic N) is 2. The Labute approximate surface area is 217 Å². The highest BCUT2D eigenvalue weighted by Gasteiger charge is 2.21. The van der Waals surface area contributed by atoms with E-state index in [1.54, 1.807) is 0 Å². The van der Waals surface area contributed by atoms with Gasteiger partial charge in [-0.2, -0.15) is 0 Å². The Kier molecular flexibility index (Phi) is 8.97. The molecule has 2 unspecified atom stereocenters. The molecule has 5 heteroatoms. The quantitative estimate of drug-likeness (QED) is 0.365. The van der Waals surface area contributed by atoms with Gasteiger partial charge in [-0.15, -0.1) is 0 Å². The van der Waals surface area contributed by atoms with E-state index in [0.717, 1.165) is 78.9 Å². The molecule has 2 atom stereocenters. The average molecular weight is 493 g/mol. The predicted molar refractivity (Wildman–Crippen MR) is 145 cm³/mol. The first-order valence-electron chi connectivity index (χ1n) is 14.4. The number of rotatable bonds is 10. The van der Waals surface area contributed by atoms with Gasteiger partial charge in [0.2, 0.25) is 0 Å². The molecule has 0 amide bonds. The molecule has 3 aliphatic rings.